The number of carbonyl (C=O) groups is 3. The van der Waals surface area contributed by atoms with Crippen LogP contribution >= 0.6 is 23.2 Å². The van der Waals surface area contributed by atoms with Gasteiger partial charge in [0.25, 0.3) is 0 Å². The van der Waals surface area contributed by atoms with Gasteiger partial charge in [-0.05, 0) is 73.2 Å². The van der Waals surface area contributed by atoms with Gasteiger partial charge in [-0.3, -0.25) is 9.59 Å². The maximum absolute atomic E-state index is 12.5. The molecule has 0 saturated heterocycles. The number of anilines is 1. The van der Waals surface area contributed by atoms with Gasteiger partial charge in [0.05, 0.1) is 36.2 Å². The average molecular weight is 530 g/mol. The molecule has 0 aliphatic rings. The molecular weight excluding hydrogens is 509 g/mol. The van der Waals surface area contributed by atoms with Crippen LogP contribution in [0.15, 0.2) is 65.8 Å². The predicted octanol–water partition coefficient (Wildman–Crippen LogP) is 4.71. The molecule has 0 spiro atoms. The molecule has 0 radical (unpaired) electrons. The second kappa shape index (κ2) is 12.6. The number of nitrogens with one attached hydrogen (secondary N) is 2. The molecule has 0 atom stereocenters. The molecule has 2 N–H and O–H groups in total. The van der Waals surface area contributed by atoms with Gasteiger partial charge in [-0.2, -0.15) is 5.10 Å². The van der Waals surface area contributed by atoms with E-state index in [4.69, 9.17) is 37.4 Å². The number of esters is 1. The van der Waals surface area contributed by atoms with E-state index in [0.717, 1.165) is 0 Å². The van der Waals surface area contributed by atoms with Crippen molar-refractivity contribution in [3.05, 3.63) is 81.8 Å². The number of carbonyl (C=O) groups excluding carboxylic acids is 3. The van der Waals surface area contributed by atoms with E-state index < -0.39 is 17.8 Å². The average Bonchev–Trinajstić information content (AvgIpc) is 2.87. The molecule has 0 bridgehead atoms. The maximum Gasteiger partial charge on any atom is 0.343 e. The van der Waals surface area contributed by atoms with Crippen molar-refractivity contribution in [3.63, 3.8) is 0 Å². The summed E-state index contributed by atoms with van der Waals surface area (Å²) in [6.45, 7) is 2.09. The zero-order valence-corrected chi connectivity index (χ0v) is 20.7. The van der Waals surface area contributed by atoms with Crippen molar-refractivity contribution in [1.29, 1.82) is 0 Å². The Labute approximate surface area is 216 Å². The fraction of sp³-hybridized carbons (Fsp3) is 0.120. The number of amides is 2. The van der Waals surface area contributed by atoms with Crippen molar-refractivity contribution in [2.45, 2.75) is 6.92 Å². The lowest BCUT2D eigenvalue weighted by molar-refractivity contribution is -0.136. The molecule has 3 aromatic rings. The molecule has 0 aliphatic heterocycles. The summed E-state index contributed by atoms with van der Waals surface area (Å²) in [6, 6.07) is 15.6. The Kier molecular flexibility index (Phi) is 9.26. The van der Waals surface area contributed by atoms with Gasteiger partial charge in [0.2, 0.25) is 0 Å². The van der Waals surface area contributed by atoms with Crippen LogP contribution in [-0.2, 0) is 9.59 Å². The zero-order valence-electron chi connectivity index (χ0n) is 19.2. The zero-order chi connectivity index (χ0) is 26.1. The molecule has 36 heavy (non-hydrogen) atoms. The Morgan fingerprint density at radius 3 is 2.39 bits per heavy atom. The summed E-state index contributed by atoms with van der Waals surface area (Å²) in [4.78, 5) is 36.6. The number of ether oxygens (including phenoxy) is 3. The van der Waals surface area contributed by atoms with Gasteiger partial charge in [-0.15, -0.1) is 0 Å². The second-order valence-electron chi connectivity index (χ2n) is 7.03. The smallest absolute Gasteiger partial charge is 0.343 e. The summed E-state index contributed by atoms with van der Waals surface area (Å²) in [5, 5.41) is 6.70. The van der Waals surface area contributed by atoms with Gasteiger partial charge in [-0.1, -0.05) is 23.2 Å². The summed E-state index contributed by atoms with van der Waals surface area (Å²) in [5.41, 5.74) is 3.16. The van der Waals surface area contributed by atoms with Crippen LogP contribution in [0, 0.1) is 0 Å². The minimum atomic E-state index is -1.02. The van der Waals surface area contributed by atoms with E-state index in [1.165, 1.54) is 31.5 Å². The third kappa shape index (κ3) is 7.21. The van der Waals surface area contributed by atoms with E-state index in [0.29, 0.717) is 34.3 Å². The SMILES string of the molecule is CCOc1cc(/C=N/NC(=O)C(=O)Nc2cc(Cl)ccc2Cl)ccc1OC(=O)c1ccc(OC)cc1. The normalized spacial score (nSPS) is 10.6. The first-order valence-corrected chi connectivity index (χ1v) is 11.3. The summed E-state index contributed by atoms with van der Waals surface area (Å²) in [5.74, 6) is -1.45. The highest BCUT2D eigenvalue weighted by Gasteiger charge is 2.16. The van der Waals surface area contributed by atoms with Gasteiger partial charge >= 0.3 is 17.8 Å². The van der Waals surface area contributed by atoms with Crippen LogP contribution in [0.3, 0.4) is 0 Å². The first kappa shape index (κ1) is 26.5. The van der Waals surface area contributed by atoms with E-state index in [9.17, 15) is 14.4 Å². The summed E-state index contributed by atoms with van der Waals surface area (Å²) < 4.78 is 16.1. The largest absolute Gasteiger partial charge is 0.497 e. The number of halogens is 2. The van der Waals surface area contributed by atoms with Gasteiger partial charge in [0, 0.05) is 5.02 Å². The standard InChI is InChI=1S/C25H21Cl2N3O6/c1-3-35-22-12-15(4-11-21(22)36-25(33)16-5-8-18(34-2)9-6-16)14-28-30-24(32)23(31)29-20-13-17(26)7-10-19(20)27/h4-14H,3H2,1-2H3,(H,29,31)(H,30,32)/b28-14+. The van der Waals surface area contributed by atoms with E-state index in [1.807, 2.05) is 0 Å². The van der Waals surface area contributed by atoms with E-state index in [2.05, 4.69) is 15.8 Å². The molecule has 3 aromatic carbocycles. The molecule has 186 valence electrons. The van der Waals surface area contributed by atoms with Crippen molar-refractivity contribution in [2.24, 2.45) is 5.10 Å². The maximum atomic E-state index is 12.5. The lowest BCUT2D eigenvalue weighted by Gasteiger charge is -2.11. The first-order chi connectivity index (χ1) is 17.3. The van der Waals surface area contributed by atoms with Gasteiger partial charge in [-0.25, -0.2) is 10.2 Å². The molecule has 11 heteroatoms. The quantitative estimate of drug-likeness (QED) is 0.143. The van der Waals surface area contributed by atoms with E-state index in [1.54, 1.807) is 49.4 Å². The summed E-state index contributed by atoms with van der Waals surface area (Å²) in [7, 11) is 1.53. The van der Waals surface area contributed by atoms with Crippen LogP contribution in [0.4, 0.5) is 5.69 Å². The van der Waals surface area contributed by atoms with Crippen LogP contribution < -0.4 is 25.0 Å². The lowest BCUT2D eigenvalue weighted by atomic mass is 10.2. The van der Waals surface area contributed by atoms with Crippen molar-refractivity contribution < 1.29 is 28.6 Å². The number of methoxy groups -OCH3 is 1. The number of hydrazone groups is 1. The number of benzene rings is 3. The monoisotopic (exact) mass is 529 g/mol. The highest BCUT2D eigenvalue weighted by atomic mass is 35.5. The predicted molar refractivity (Wildman–Crippen MR) is 136 cm³/mol. The molecule has 0 aromatic heterocycles. The number of rotatable bonds is 8. The molecule has 0 saturated carbocycles. The van der Waals surface area contributed by atoms with Crippen LogP contribution in [-0.4, -0.2) is 37.7 Å². The number of hydrogen-bond acceptors (Lipinski definition) is 7. The van der Waals surface area contributed by atoms with Gasteiger partial charge in [0.15, 0.2) is 11.5 Å². The fourth-order valence-electron chi connectivity index (χ4n) is 2.83. The Hall–Kier alpha value is -4.08. The van der Waals surface area contributed by atoms with Crippen molar-refractivity contribution >= 4 is 52.9 Å². The van der Waals surface area contributed by atoms with E-state index >= 15 is 0 Å². The van der Waals surface area contributed by atoms with Crippen LogP contribution in [0.2, 0.25) is 10.0 Å². The summed E-state index contributed by atoms with van der Waals surface area (Å²) >= 11 is 11.8. The number of nitrogens with zero attached hydrogens (tertiary/aromatic N) is 1. The van der Waals surface area contributed by atoms with Crippen LogP contribution in [0.25, 0.3) is 0 Å². The minimum Gasteiger partial charge on any atom is -0.497 e. The Morgan fingerprint density at radius 1 is 0.944 bits per heavy atom. The van der Waals surface area contributed by atoms with Crippen molar-refractivity contribution in [3.8, 4) is 17.2 Å². The minimum absolute atomic E-state index is 0.189. The van der Waals surface area contributed by atoms with E-state index in [-0.39, 0.29) is 16.5 Å². The topological polar surface area (TPSA) is 115 Å². The Bertz CT molecular complexity index is 1300. The van der Waals surface area contributed by atoms with Gasteiger partial charge in [0.1, 0.15) is 5.75 Å². The summed E-state index contributed by atoms with van der Waals surface area (Å²) in [6.07, 6.45) is 1.30. The Balaban J connectivity index is 1.64. The van der Waals surface area contributed by atoms with Crippen molar-refractivity contribution in [2.75, 3.05) is 19.0 Å². The van der Waals surface area contributed by atoms with Crippen LogP contribution in [0.1, 0.15) is 22.8 Å². The molecule has 0 aliphatic carbocycles. The lowest BCUT2D eigenvalue weighted by Crippen LogP contribution is -2.32. The highest BCUT2D eigenvalue weighted by Crippen LogP contribution is 2.29. The third-order valence-corrected chi connectivity index (χ3v) is 5.12. The molecule has 9 nitrogen and oxygen atoms in total. The Morgan fingerprint density at radius 2 is 1.69 bits per heavy atom. The second-order valence-corrected chi connectivity index (χ2v) is 7.88. The fourth-order valence-corrected chi connectivity index (χ4v) is 3.17. The molecular formula is C25H21Cl2N3O6. The molecule has 0 heterocycles. The molecule has 3 rings (SSSR count). The molecule has 0 fully saturated rings. The number of hydrogen-bond donors (Lipinski definition) is 2. The third-order valence-electron chi connectivity index (χ3n) is 4.56. The van der Waals surface area contributed by atoms with Crippen LogP contribution in [0.5, 0.6) is 17.2 Å². The van der Waals surface area contributed by atoms with Gasteiger partial charge < -0.3 is 19.5 Å². The molecule has 2 amide bonds. The molecule has 0 unspecified atom stereocenters. The first-order valence-electron chi connectivity index (χ1n) is 10.5. The highest BCUT2D eigenvalue weighted by molar-refractivity contribution is 6.42. The van der Waals surface area contributed by atoms with Crippen molar-refractivity contribution in [1.82, 2.24) is 5.43 Å².